The lowest BCUT2D eigenvalue weighted by molar-refractivity contribution is 0.0782. The van der Waals surface area contributed by atoms with Crippen molar-refractivity contribution in [1.82, 2.24) is 9.88 Å². The van der Waals surface area contributed by atoms with E-state index in [4.69, 9.17) is 0 Å². The third-order valence-corrected chi connectivity index (χ3v) is 3.82. The van der Waals surface area contributed by atoms with E-state index in [2.05, 4.69) is 28.6 Å². The summed E-state index contributed by atoms with van der Waals surface area (Å²) in [6.45, 7) is 12.3. The van der Waals surface area contributed by atoms with Gasteiger partial charge in [-0.15, -0.1) is 0 Å². The summed E-state index contributed by atoms with van der Waals surface area (Å²) >= 11 is 0. The molecule has 19 heavy (non-hydrogen) atoms. The predicted molar refractivity (Wildman–Crippen MR) is 78.4 cm³/mol. The van der Waals surface area contributed by atoms with E-state index >= 15 is 0 Å². The highest BCUT2D eigenvalue weighted by Gasteiger charge is 2.21. The van der Waals surface area contributed by atoms with E-state index in [0.717, 1.165) is 37.6 Å². The molecule has 1 aliphatic rings. The van der Waals surface area contributed by atoms with Crippen molar-refractivity contribution in [3.05, 3.63) is 23.9 Å². The lowest BCUT2D eigenvalue weighted by Crippen LogP contribution is -2.49. The van der Waals surface area contributed by atoms with Crippen LogP contribution in [0, 0.1) is 0 Å². The molecule has 0 bridgehead atoms. The molecule has 1 saturated heterocycles. The normalized spacial score (nSPS) is 18.1. The molecule has 106 valence electrons. The van der Waals surface area contributed by atoms with E-state index in [0.29, 0.717) is 6.04 Å². The molecule has 0 radical (unpaired) electrons. The van der Waals surface area contributed by atoms with E-state index in [1.807, 2.05) is 12.1 Å². The van der Waals surface area contributed by atoms with Crippen LogP contribution in [0.15, 0.2) is 18.3 Å². The van der Waals surface area contributed by atoms with Gasteiger partial charge in [0.2, 0.25) is 0 Å². The zero-order chi connectivity index (χ0) is 14.0. The fraction of sp³-hybridized carbons (Fsp3) is 0.667. The maximum atomic E-state index is 9.93. The molecule has 2 heterocycles. The highest BCUT2D eigenvalue weighted by Crippen LogP contribution is 2.21. The number of aliphatic hydroxyl groups is 1. The van der Waals surface area contributed by atoms with Crippen molar-refractivity contribution in [2.75, 3.05) is 31.1 Å². The minimum atomic E-state index is -0.818. The van der Waals surface area contributed by atoms with Crippen LogP contribution in [0.4, 0.5) is 5.82 Å². The van der Waals surface area contributed by atoms with Gasteiger partial charge in [0, 0.05) is 44.0 Å². The quantitative estimate of drug-likeness (QED) is 0.903. The lowest BCUT2D eigenvalue weighted by Gasteiger charge is -2.37. The van der Waals surface area contributed by atoms with E-state index in [-0.39, 0.29) is 0 Å². The fourth-order valence-corrected chi connectivity index (χ4v) is 2.40. The molecule has 1 fully saturated rings. The van der Waals surface area contributed by atoms with Crippen molar-refractivity contribution in [1.29, 1.82) is 0 Å². The van der Waals surface area contributed by atoms with Crippen molar-refractivity contribution in [3.8, 4) is 0 Å². The molecular formula is C15H25N3O. The molecular weight excluding hydrogens is 238 g/mol. The Bertz CT molecular complexity index is 400. The van der Waals surface area contributed by atoms with Gasteiger partial charge in [-0.25, -0.2) is 4.98 Å². The van der Waals surface area contributed by atoms with Crippen molar-refractivity contribution >= 4 is 5.82 Å². The molecule has 0 spiro atoms. The first-order valence-corrected chi connectivity index (χ1v) is 7.06. The smallest absolute Gasteiger partial charge is 0.128 e. The Morgan fingerprint density at radius 3 is 2.21 bits per heavy atom. The summed E-state index contributed by atoms with van der Waals surface area (Å²) in [4.78, 5) is 9.29. The second-order valence-electron chi connectivity index (χ2n) is 6.08. The Balaban J connectivity index is 2.00. The molecule has 4 heteroatoms. The van der Waals surface area contributed by atoms with Gasteiger partial charge in [0.1, 0.15) is 5.82 Å². The Kier molecular flexibility index (Phi) is 4.11. The molecule has 4 nitrogen and oxygen atoms in total. The molecule has 0 atom stereocenters. The topological polar surface area (TPSA) is 39.6 Å². The highest BCUT2D eigenvalue weighted by molar-refractivity contribution is 5.40. The predicted octanol–water partition coefficient (Wildman–Crippen LogP) is 1.84. The van der Waals surface area contributed by atoms with Gasteiger partial charge in [0.25, 0.3) is 0 Å². The SMILES string of the molecule is CC(C)N1CCN(c2ccc(C(C)(C)O)cn2)CC1. The van der Waals surface area contributed by atoms with E-state index in [1.165, 1.54) is 0 Å². The number of rotatable bonds is 3. The van der Waals surface area contributed by atoms with Gasteiger partial charge in [0.15, 0.2) is 0 Å². The first-order valence-electron chi connectivity index (χ1n) is 7.06. The maximum Gasteiger partial charge on any atom is 0.128 e. The number of hydrogen-bond acceptors (Lipinski definition) is 4. The number of pyridine rings is 1. The average Bonchev–Trinajstić information content (AvgIpc) is 2.38. The number of piperazine rings is 1. The molecule has 0 aromatic carbocycles. The van der Waals surface area contributed by atoms with Crippen LogP contribution in [-0.2, 0) is 5.60 Å². The Labute approximate surface area is 116 Å². The van der Waals surface area contributed by atoms with Gasteiger partial charge in [0.05, 0.1) is 5.60 Å². The summed E-state index contributed by atoms with van der Waals surface area (Å²) in [6.07, 6.45) is 1.78. The van der Waals surface area contributed by atoms with Crippen molar-refractivity contribution < 1.29 is 5.11 Å². The van der Waals surface area contributed by atoms with Crippen LogP contribution >= 0.6 is 0 Å². The monoisotopic (exact) mass is 263 g/mol. The number of anilines is 1. The van der Waals surface area contributed by atoms with Gasteiger partial charge < -0.3 is 10.0 Å². The van der Waals surface area contributed by atoms with Crippen LogP contribution in [-0.4, -0.2) is 47.2 Å². The average molecular weight is 263 g/mol. The summed E-state index contributed by atoms with van der Waals surface area (Å²) in [5.74, 6) is 1.01. The van der Waals surface area contributed by atoms with Crippen LogP contribution in [0.5, 0.6) is 0 Å². The van der Waals surface area contributed by atoms with E-state index in [1.54, 1.807) is 20.0 Å². The van der Waals surface area contributed by atoms with Crippen LogP contribution < -0.4 is 4.90 Å². The lowest BCUT2D eigenvalue weighted by atomic mass is 10.0. The van der Waals surface area contributed by atoms with Crippen molar-refractivity contribution in [2.24, 2.45) is 0 Å². The maximum absolute atomic E-state index is 9.93. The standard InChI is InChI=1S/C15H25N3O/c1-12(2)17-7-9-18(10-8-17)14-6-5-13(11-16-14)15(3,4)19/h5-6,11-12,19H,7-10H2,1-4H3. The number of aromatic nitrogens is 1. The van der Waals surface area contributed by atoms with Crippen LogP contribution in [0.3, 0.4) is 0 Å². The molecule has 0 unspecified atom stereocenters. The second-order valence-corrected chi connectivity index (χ2v) is 6.08. The fourth-order valence-electron chi connectivity index (χ4n) is 2.40. The summed E-state index contributed by atoms with van der Waals surface area (Å²) in [7, 11) is 0. The summed E-state index contributed by atoms with van der Waals surface area (Å²) in [5.41, 5.74) is 0.0408. The van der Waals surface area contributed by atoms with Crippen LogP contribution in [0.1, 0.15) is 33.3 Å². The summed E-state index contributed by atoms with van der Waals surface area (Å²) < 4.78 is 0. The molecule has 2 rings (SSSR count). The molecule has 0 aliphatic carbocycles. The summed E-state index contributed by atoms with van der Waals surface area (Å²) in [5, 5.41) is 9.93. The molecule has 1 N–H and O–H groups in total. The first-order chi connectivity index (χ1) is 8.88. The minimum absolute atomic E-state index is 0.618. The number of nitrogens with zero attached hydrogens (tertiary/aromatic N) is 3. The molecule has 1 aromatic rings. The van der Waals surface area contributed by atoms with Crippen LogP contribution in [0.25, 0.3) is 0 Å². The van der Waals surface area contributed by atoms with Gasteiger partial charge in [-0.2, -0.15) is 0 Å². The van der Waals surface area contributed by atoms with Gasteiger partial charge in [-0.05, 0) is 33.8 Å². The Morgan fingerprint density at radius 2 is 1.79 bits per heavy atom. The largest absolute Gasteiger partial charge is 0.386 e. The van der Waals surface area contributed by atoms with E-state index < -0.39 is 5.60 Å². The third kappa shape index (κ3) is 3.45. The zero-order valence-electron chi connectivity index (χ0n) is 12.4. The van der Waals surface area contributed by atoms with Crippen molar-refractivity contribution in [2.45, 2.75) is 39.3 Å². The molecule has 0 amide bonds. The zero-order valence-corrected chi connectivity index (χ0v) is 12.4. The molecule has 1 aliphatic heterocycles. The van der Waals surface area contributed by atoms with E-state index in [9.17, 15) is 5.11 Å². The Morgan fingerprint density at radius 1 is 1.16 bits per heavy atom. The highest BCUT2D eigenvalue weighted by atomic mass is 16.3. The number of hydrogen-bond donors (Lipinski definition) is 1. The van der Waals surface area contributed by atoms with Gasteiger partial charge in [-0.1, -0.05) is 6.07 Å². The van der Waals surface area contributed by atoms with Crippen LogP contribution in [0.2, 0.25) is 0 Å². The minimum Gasteiger partial charge on any atom is -0.386 e. The summed E-state index contributed by atoms with van der Waals surface area (Å²) in [6, 6.07) is 4.60. The first kappa shape index (κ1) is 14.3. The van der Waals surface area contributed by atoms with Crippen molar-refractivity contribution in [3.63, 3.8) is 0 Å². The van der Waals surface area contributed by atoms with Gasteiger partial charge in [-0.3, -0.25) is 4.90 Å². The van der Waals surface area contributed by atoms with Gasteiger partial charge >= 0.3 is 0 Å². The molecule has 1 aromatic heterocycles. The third-order valence-electron chi connectivity index (χ3n) is 3.82. The molecule has 0 saturated carbocycles. The Hall–Kier alpha value is -1.13. The second kappa shape index (κ2) is 5.47.